The Morgan fingerprint density at radius 1 is 1.64 bits per heavy atom. The highest BCUT2D eigenvalue weighted by atomic mass is 35.5. The van der Waals surface area contributed by atoms with Crippen LogP contribution in [0.2, 0.25) is 0 Å². The zero-order valence-electron chi connectivity index (χ0n) is 6.12. The molecule has 0 fully saturated rings. The summed E-state index contributed by atoms with van der Waals surface area (Å²) in [6.45, 7) is 1.33. The van der Waals surface area contributed by atoms with Gasteiger partial charge in [-0.1, -0.05) is 0 Å². The Balaban J connectivity index is 0.000001000. The minimum absolute atomic E-state index is 0. The Morgan fingerprint density at radius 2 is 2.45 bits per heavy atom. The highest BCUT2D eigenvalue weighted by Gasteiger charge is 1.90. The number of nitrogens with two attached hydrogens (primary N) is 1. The fourth-order valence-electron chi connectivity index (χ4n) is 0.591. The number of ether oxygens (including phenoxy) is 1. The van der Waals surface area contributed by atoms with E-state index in [1.165, 1.54) is 0 Å². The monoisotopic (exact) mass is 177 g/mol. The fraction of sp³-hybridized carbons (Fsp3) is 0.500. The maximum atomic E-state index is 5.26. The molecule has 1 aromatic heterocycles. The van der Waals surface area contributed by atoms with Crippen LogP contribution in [0.3, 0.4) is 0 Å². The van der Waals surface area contributed by atoms with Gasteiger partial charge in [-0.3, -0.25) is 5.10 Å². The van der Waals surface area contributed by atoms with Gasteiger partial charge in [0.15, 0.2) is 5.75 Å². The van der Waals surface area contributed by atoms with Crippen LogP contribution in [0, 0.1) is 0 Å². The molecule has 1 heterocycles. The lowest BCUT2D eigenvalue weighted by molar-refractivity contribution is 0.313. The van der Waals surface area contributed by atoms with E-state index in [2.05, 4.69) is 10.2 Å². The molecule has 0 bridgehead atoms. The maximum absolute atomic E-state index is 5.26. The van der Waals surface area contributed by atoms with E-state index >= 15 is 0 Å². The van der Waals surface area contributed by atoms with Gasteiger partial charge in [0.1, 0.15) is 0 Å². The van der Waals surface area contributed by atoms with Crippen molar-refractivity contribution in [1.82, 2.24) is 10.2 Å². The van der Waals surface area contributed by atoms with Gasteiger partial charge in [-0.25, -0.2) is 0 Å². The Labute approximate surface area is 71.5 Å². The van der Waals surface area contributed by atoms with E-state index in [0.29, 0.717) is 13.2 Å². The Hall–Kier alpha value is -0.740. The van der Waals surface area contributed by atoms with Crippen LogP contribution in [0.25, 0.3) is 0 Å². The molecule has 0 saturated carbocycles. The smallest absolute Gasteiger partial charge is 0.156 e. The number of rotatable bonds is 4. The van der Waals surface area contributed by atoms with Crippen molar-refractivity contribution >= 4 is 12.4 Å². The first-order valence-corrected chi connectivity index (χ1v) is 3.25. The molecule has 4 nitrogen and oxygen atoms in total. The summed E-state index contributed by atoms with van der Waals surface area (Å²) < 4.78 is 5.21. The minimum Gasteiger partial charge on any atom is -0.490 e. The van der Waals surface area contributed by atoms with Crippen molar-refractivity contribution < 1.29 is 4.74 Å². The Bertz CT molecular complexity index is 166. The molecule has 0 radical (unpaired) electrons. The second-order valence-electron chi connectivity index (χ2n) is 1.92. The summed E-state index contributed by atoms with van der Waals surface area (Å²) in [7, 11) is 0. The number of hydrogen-bond acceptors (Lipinski definition) is 3. The van der Waals surface area contributed by atoms with E-state index in [0.717, 1.165) is 12.2 Å². The van der Waals surface area contributed by atoms with Gasteiger partial charge in [0.25, 0.3) is 0 Å². The van der Waals surface area contributed by atoms with E-state index < -0.39 is 0 Å². The highest BCUT2D eigenvalue weighted by Crippen LogP contribution is 2.03. The molecule has 0 aliphatic heterocycles. The first-order valence-electron chi connectivity index (χ1n) is 3.25. The molecule has 5 heteroatoms. The molecular weight excluding hydrogens is 166 g/mol. The van der Waals surface area contributed by atoms with Crippen LogP contribution in [-0.4, -0.2) is 23.3 Å². The van der Waals surface area contributed by atoms with Gasteiger partial charge in [-0.2, -0.15) is 5.10 Å². The molecule has 0 atom stereocenters. The Kier molecular flexibility index (Phi) is 5.60. The van der Waals surface area contributed by atoms with Crippen LogP contribution in [0.4, 0.5) is 0 Å². The normalized spacial score (nSPS) is 8.82. The molecule has 0 saturated heterocycles. The predicted octanol–water partition coefficient (Wildman–Crippen LogP) is 0.559. The number of H-pyrrole nitrogens is 1. The van der Waals surface area contributed by atoms with Crippen LogP contribution in [0.1, 0.15) is 6.42 Å². The van der Waals surface area contributed by atoms with Crippen LogP contribution in [0.5, 0.6) is 5.75 Å². The molecule has 3 N–H and O–H groups in total. The van der Waals surface area contributed by atoms with Crippen molar-refractivity contribution in [2.24, 2.45) is 5.73 Å². The quantitative estimate of drug-likeness (QED) is 0.661. The second-order valence-corrected chi connectivity index (χ2v) is 1.92. The SMILES string of the molecule is Cl.NCCCOc1cn[nH]c1. The van der Waals surface area contributed by atoms with Crippen LogP contribution < -0.4 is 10.5 Å². The lowest BCUT2D eigenvalue weighted by atomic mass is 10.5. The van der Waals surface area contributed by atoms with E-state index in [1.807, 2.05) is 0 Å². The molecule has 0 aliphatic rings. The third kappa shape index (κ3) is 3.85. The predicted molar refractivity (Wildman–Crippen MR) is 45.0 cm³/mol. The maximum Gasteiger partial charge on any atom is 0.156 e. The van der Waals surface area contributed by atoms with Gasteiger partial charge in [0, 0.05) is 0 Å². The summed E-state index contributed by atoms with van der Waals surface area (Å²) in [5.74, 6) is 0.772. The van der Waals surface area contributed by atoms with E-state index in [9.17, 15) is 0 Å². The van der Waals surface area contributed by atoms with Crippen molar-refractivity contribution in [3.8, 4) is 5.75 Å². The summed E-state index contributed by atoms with van der Waals surface area (Å²) in [5, 5.41) is 6.37. The zero-order chi connectivity index (χ0) is 7.23. The molecule has 11 heavy (non-hydrogen) atoms. The van der Waals surface area contributed by atoms with Crippen molar-refractivity contribution in [2.45, 2.75) is 6.42 Å². The van der Waals surface area contributed by atoms with Crippen molar-refractivity contribution in [3.63, 3.8) is 0 Å². The molecule has 0 amide bonds. The van der Waals surface area contributed by atoms with Gasteiger partial charge >= 0.3 is 0 Å². The molecule has 1 rings (SSSR count). The average molecular weight is 178 g/mol. The van der Waals surface area contributed by atoms with E-state index in [-0.39, 0.29) is 12.4 Å². The topological polar surface area (TPSA) is 63.9 Å². The van der Waals surface area contributed by atoms with Gasteiger partial charge in [0.2, 0.25) is 0 Å². The van der Waals surface area contributed by atoms with Crippen LogP contribution in [-0.2, 0) is 0 Å². The highest BCUT2D eigenvalue weighted by molar-refractivity contribution is 5.85. The summed E-state index contributed by atoms with van der Waals surface area (Å²) in [5.41, 5.74) is 5.26. The summed E-state index contributed by atoms with van der Waals surface area (Å²) >= 11 is 0. The number of hydrogen-bond donors (Lipinski definition) is 2. The van der Waals surface area contributed by atoms with E-state index in [1.54, 1.807) is 12.4 Å². The summed E-state index contributed by atoms with van der Waals surface area (Å²) in [6.07, 6.45) is 4.22. The molecule has 64 valence electrons. The fourth-order valence-corrected chi connectivity index (χ4v) is 0.591. The third-order valence-corrected chi connectivity index (χ3v) is 1.09. The number of aromatic nitrogens is 2. The molecule has 0 aromatic carbocycles. The number of halogens is 1. The second kappa shape index (κ2) is 6.00. The zero-order valence-corrected chi connectivity index (χ0v) is 6.93. The summed E-state index contributed by atoms with van der Waals surface area (Å²) in [4.78, 5) is 0. The van der Waals surface area contributed by atoms with Crippen LogP contribution >= 0.6 is 12.4 Å². The van der Waals surface area contributed by atoms with Gasteiger partial charge in [-0.05, 0) is 13.0 Å². The first-order chi connectivity index (χ1) is 4.93. The number of nitrogens with one attached hydrogen (secondary N) is 1. The van der Waals surface area contributed by atoms with E-state index in [4.69, 9.17) is 10.5 Å². The minimum atomic E-state index is 0. The van der Waals surface area contributed by atoms with Crippen molar-refractivity contribution in [1.29, 1.82) is 0 Å². The third-order valence-electron chi connectivity index (χ3n) is 1.09. The molecule has 0 unspecified atom stereocenters. The first kappa shape index (κ1) is 10.3. The van der Waals surface area contributed by atoms with Crippen molar-refractivity contribution in [3.05, 3.63) is 12.4 Å². The lowest BCUT2D eigenvalue weighted by Gasteiger charge is -1.98. The van der Waals surface area contributed by atoms with Gasteiger partial charge < -0.3 is 10.5 Å². The largest absolute Gasteiger partial charge is 0.490 e. The number of aromatic amines is 1. The van der Waals surface area contributed by atoms with Gasteiger partial charge in [-0.15, -0.1) is 12.4 Å². The van der Waals surface area contributed by atoms with Crippen molar-refractivity contribution in [2.75, 3.05) is 13.2 Å². The Morgan fingerprint density at radius 3 is 3.00 bits per heavy atom. The molecule has 1 aromatic rings. The van der Waals surface area contributed by atoms with Gasteiger partial charge in [0.05, 0.1) is 19.0 Å². The molecule has 0 aliphatic carbocycles. The molecule has 0 spiro atoms. The lowest BCUT2D eigenvalue weighted by Crippen LogP contribution is -2.05. The van der Waals surface area contributed by atoms with Crippen LogP contribution in [0.15, 0.2) is 12.4 Å². The average Bonchev–Trinajstić information content (AvgIpc) is 2.41. The standard InChI is InChI=1S/C6H11N3O.ClH/c7-2-1-3-10-6-4-8-9-5-6;/h4-5H,1-3,7H2,(H,8,9);1H. The summed E-state index contributed by atoms with van der Waals surface area (Å²) in [6, 6.07) is 0. The number of nitrogens with zero attached hydrogens (tertiary/aromatic N) is 1. The molecular formula is C6H12ClN3O.